The van der Waals surface area contributed by atoms with E-state index in [4.69, 9.17) is 4.42 Å². The lowest BCUT2D eigenvalue weighted by atomic mass is 10.0. The number of aromatic nitrogens is 1. The number of carbonyl (C=O) groups excluding carboxylic acids is 1. The van der Waals surface area contributed by atoms with Crippen molar-refractivity contribution >= 4 is 17.0 Å². The highest BCUT2D eigenvalue weighted by atomic mass is 16.4. The van der Waals surface area contributed by atoms with Gasteiger partial charge in [0.1, 0.15) is 6.54 Å². The molecule has 6 nitrogen and oxygen atoms in total. The van der Waals surface area contributed by atoms with Crippen LogP contribution in [-0.4, -0.2) is 36.0 Å². The molecule has 142 valence electrons. The summed E-state index contributed by atoms with van der Waals surface area (Å²) in [6, 6.07) is 15.6. The van der Waals surface area contributed by atoms with Gasteiger partial charge >= 0.3 is 5.76 Å². The first-order chi connectivity index (χ1) is 13.0. The maximum Gasteiger partial charge on any atom is 0.420 e. The number of hydrogen-bond acceptors (Lipinski definition) is 4. The second kappa shape index (κ2) is 8.22. The fraction of sp³-hybridized carbons (Fsp3) is 0.333. The molecule has 0 aliphatic carbocycles. The maximum atomic E-state index is 12.4. The van der Waals surface area contributed by atoms with Crippen molar-refractivity contribution < 1.29 is 9.21 Å². The molecule has 1 unspecified atom stereocenters. The highest BCUT2D eigenvalue weighted by molar-refractivity contribution is 5.79. The summed E-state index contributed by atoms with van der Waals surface area (Å²) in [5, 5.41) is 2.94. The normalized spacial score (nSPS) is 12.4. The second-order valence-electron chi connectivity index (χ2n) is 6.80. The minimum Gasteiger partial charge on any atom is -0.408 e. The Morgan fingerprint density at radius 2 is 1.85 bits per heavy atom. The first-order valence-electron chi connectivity index (χ1n) is 9.10. The summed E-state index contributed by atoms with van der Waals surface area (Å²) >= 11 is 0. The van der Waals surface area contributed by atoms with E-state index in [1.165, 1.54) is 10.1 Å². The van der Waals surface area contributed by atoms with Crippen molar-refractivity contribution in [2.75, 3.05) is 20.6 Å². The Morgan fingerprint density at radius 3 is 2.52 bits per heavy atom. The number of hydrogen-bond donors (Lipinski definition) is 1. The minimum absolute atomic E-state index is 0.0534. The van der Waals surface area contributed by atoms with Gasteiger partial charge in [-0.2, -0.15) is 0 Å². The van der Waals surface area contributed by atoms with E-state index in [1.54, 1.807) is 18.2 Å². The van der Waals surface area contributed by atoms with Gasteiger partial charge in [0.2, 0.25) is 5.91 Å². The summed E-state index contributed by atoms with van der Waals surface area (Å²) in [5.74, 6) is -0.744. The van der Waals surface area contributed by atoms with Crippen molar-refractivity contribution in [2.45, 2.75) is 25.9 Å². The Hall–Kier alpha value is -2.86. The second-order valence-corrected chi connectivity index (χ2v) is 6.80. The lowest BCUT2D eigenvalue weighted by Crippen LogP contribution is -2.37. The molecule has 0 radical (unpaired) electrons. The molecule has 3 rings (SSSR count). The van der Waals surface area contributed by atoms with Gasteiger partial charge in [0.05, 0.1) is 11.6 Å². The van der Waals surface area contributed by atoms with Crippen LogP contribution in [0, 0.1) is 0 Å². The molecule has 2 aromatic carbocycles. The van der Waals surface area contributed by atoms with Crippen LogP contribution < -0.4 is 11.1 Å². The molecule has 1 N–H and O–H groups in total. The number of benzene rings is 2. The topological polar surface area (TPSA) is 67.5 Å². The zero-order chi connectivity index (χ0) is 19.4. The number of amides is 1. The first kappa shape index (κ1) is 18.9. The third kappa shape index (κ3) is 4.28. The molecule has 3 aromatic rings. The number of fused-ring (bicyclic) bond motifs is 1. The van der Waals surface area contributed by atoms with Crippen molar-refractivity contribution in [1.82, 2.24) is 14.8 Å². The van der Waals surface area contributed by atoms with Crippen LogP contribution in [0.3, 0.4) is 0 Å². The molecular weight excluding hydrogens is 342 g/mol. The average molecular weight is 367 g/mol. The number of carbonyl (C=O) groups is 1. The average Bonchev–Trinajstić information content (AvgIpc) is 2.97. The molecule has 0 spiro atoms. The molecule has 0 bridgehead atoms. The lowest BCUT2D eigenvalue weighted by molar-refractivity contribution is -0.121. The first-order valence-corrected chi connectivity index (χ1v) is 9.10. The molecule has 0 saturated heterocycles. The molecule has 1 heterocycles. The highest BCUT2D eigenvalue weighted by Crippen LogP contribution is 2.18. The predicted molar refractivity (Wildman–Crippen MR) is 106 cm³/mol. The number of nitrogens with one attached hydrogen (secondary N) is 1. The smallest absolute Gasteiger partial charge is 0.408 e. The largest absolute Gasteiger partial charge is 0.420 e. The number of aryl methyl sites for hydroxylation is 1. The van der Waals surface area contributed by atoms with E-state index in [0.29, 0.717) is 17.6 Å². The van der Waals surface area contributed by atoms with Gasteiger partial charge in [-0.3, -0.25) is 9.36 Å². The molecule has 1 atom stereocenters. The summed E-state index contributed by atoms with van der Waals surface area (Å²) in [5.41, 5.74) is 3.53. The zero-order valence-corrected chi connectivity index (χ0v) is 15.9. The summed E-state index contributed by atoms with van der Waals surface area (Å²) in [4.78, 5) is 26.5. The quantitative estimate of drug-likeness (QED) is 0.697. The predicted octanol–water partition coefficient (Wildman–Crippen LogP) is 2.58. The van der Waals surface area contributed by atoms with Crippen molar-refractivity contribution in [3.63, 3.8) is 0 Å². The third-order valence-electron chi connectivity index (χ3n) is 4.76. The van der Waals surface area contributed by atoms with Crippen LogP contribution in [0.1, 0.15) is 24.1 Å². The van der Waals surface area contributed by atoms with Gasteiger partial charge in [-0.05, 0) is 43.8 Å². The molecule has 1 amide bonds. The van der Waals surface area contributed by atoms with Crippen molar-refractivity contribution in [3.8, 4) is 0 Å². The van der Waals surface area contributed by atoms with E-state index in [0.717, 1.165) is 12.0 Å². The third-order valence-corrected chi connectivity index (χ3v) is 4.76. The Kier molecular flexibility index (Phi) is 5.76. The monoisotopic (exact) mass is 367 g/mol. The molecule has 27 heavy (non-hydrogen) atoms. The SMILES string of the molecule is CCc1ccc(C(CNC(=O)Cn2c(=O)oc3ccccc32)N(C)C)cc1. The van der Waals surface area contributed by atoms with Crippen LogP contribution in [0.2, 0.25) is 0 Å². The summed E-state index contributed by atoms with van der Waals surface area (Å²) < 4.78 is 6.53. The number of rotatable bonds is 7. The summed E-state index contributed by atoms with van der Waals surface area (Å²) in [6.45, 7) is 2.52. The maximum absolute atomic E-state index is 12.4. The van der Waals surface area contributed by atoms with Crippen molar-refractivity contribution in [1.29, 1.82) is 0 Å². The van der Waals surface area contributed by atoms with E-state index in [1.807, 2.05) is 20.2 Å². The van der Waals surface area contributed by atoms with E-state index in [-0.39, 0.29) is 18.5 Å². The molecular formula is C21H25N3O3. The molecule has 0 aliphatic rings. The van der Waals surface area contributed by atoms with Gasteiger partial charge < -0.3 is 14.6 Å². The lowest BCUT2D eigenvalue weighted by Gasteiger charge is -2.25. The van der Waals surface area contributed by atoms with Crippen LogP contribution in [0.15, 0.2) is 57.7 Å². The summed E-state index contributed by atoms with van der Waals surface area (Å²) in [7, 11) is 3.97. The van der Waals surface area contributed by atoms with Crippen LogP contribution >= 0.6 is 0 Å². The molecule has 0 aliphatic heterocycles. The van der Waals surface area contributed by atoms with Gasteiger partial charge in [0, 0.05) is 6.54 Å². The number of para-hydroxylation sites is 2. The molecule has 6 heteroatoms. The van der Waals surface area contributed by atoms with Gasteiger partial charge in [0.25, 0.3) is 0 Å². The number of oxazole rings is 1. The molecule has 0 saturated carbocycles. The van der Waals surface area contributed by atoms with Gasteiger partial charge in [0.15, 0.2) is 5.58 Å². The Balaban J connectivity index is 1.69. The molecule has 0 fully saturated rings. The highest BCUT2D eigenvalue weighted by Gasteiger charge is 2.17. The number of nitrogens with zero attached hydrogens (tertiary/aromatic N) is 2. The van der Waals surface area contributed by atoms with Crippen molar-refractivity contribution in [3.05, 3.63) is 70.2 Å². The van der Waals surface area contributed by atoms with Crippen LogP contribution in [0.5, 0.6) is 0 Å². The van der Waals surface area contributed by atoms with Crippen LogP contribution in [0.25, 0.3) is 11.1 Å². The Labute approximate surface area is 158 Å². The fourth-order valence-electron chi connectivity index (χ4n) is 3.15. The Bertz CT molecular complexity index is 970. The number of likely N-dealkylation sites (N-methyl/N-ethyl adjacent to an activating group) is 1. The van der Waals surface area contributed by atoms with E-state index < -0.39 is 5.76 Å². The zero-order valence-electron chi connectivity index (χ0n) is 15.9. The summed E-state index contributed by atoms with van der Waals surface area (Å²) in [6.07, 6.45) is 0.997. The van der Waals surface area contributed by atoms with E-state index in [2.05, 4.69) is 41.4 Å². The Morgan fingerprint density at radius 1 is 1.15 bits per heavy atom. The van der Waals surface area contributed by atoms with Gasteiger partial charge in [-0.15, -0.1) is 0 Å². The fourth-order valence-corrected chi connectivity index (χ4v) is 3.15. The van der Waals surface area contributed by atoms with Crippen molar-refractivity contribution in [2.24, 2.45) is 0 Å². The van der Waals surface area contributed by atoms with Crippen LogP contribution in [0.4, 0.5) is 0 Å². The van der Waals surface area contributed by atoms with Gasteiger partial charge in [-0.1, -0.05) is 43.3 Å². The van der Waals surface area contributed by atoms with Gasteiger partial charge in [-0.25, -0.2) is 4.79 Å². The minimum atomic E-state index is -0.523. The molecule has 1 aromatic heterocycles. The van der Waals surface area contributed by atoms with Crippen LogP contribution in [-0.2, 0) is 17.8 Å². The van der Waals surface area contributed by atoms with E-state index >= 15 is 0 Å². The standard InChI is InChI=1S/C21H25N3O3/c1-4-15-9-11-16(12-10-15)18(23(2)3)13-22-20(25)14-24-17-7-5-6-8-19(17)27-21(24)26/h5-12,18H,4,13-14H2,1-3H3,(H,22,25). The van der Waals surface area contributed by atoms with E-state index in [9.17, 15) is 9.59 Å².